The molecule has 1 aliphatic heterocycles. The van der Waals surface area contributed by atoms with E-state index in [9.17, 15) is 4.39 Å². The summed E-state index contributed by atoms with van der Waals surface area (Å²) in [7, 11) is 0. The number of aromatic nitrogens is 2. The largest absolute Gasteiger partial charge is 0.339 e. The third kappa shape index (κ3) is 3.07. The summed E-state index contributed by atoms with van der Waals surface area (Å²) in [5, 5.41) is 7.27. The van der Waals surface area contributed by atoms with Gasteiger partial charge < -0.3 is 9.84 Å². The van der Waals surface area contributed by atoms with Crippen LogP contribution in [0.5, 0.6) is 0 Å². The van der Waals surface area contributed by atoms with Crippen LogP contribution in [0.2, 0.25) is 0 Å². The van der Waals surface area contributed by atoms with Gasteiger partial charge in [-0.2, -0.15) is 4.98 Å². The molecule has 0 radical (unpaired) electrons. The van der Waals surface area contributed by atoms with E-state index >= 15 is 0 Å². The fourth-order valence-corrected chi connectivity index (χ4v) is 2.85. The Kier molecular flexibility index (Phi) is 4.12. The Bertz CT molecular complexity index is 596. The molecule has 2 heterocycles. The lowest BCUT2D eigenvalue weighted by molar-refractivity contribution is 0.365. The Hall–Kier alpha value is -1.27. The zero-order chi connectivity index (χ0) is 13.9. The van der Waals surface area contributed by atoms with Crippen molar-refractivity contribution in [1.82, 2.24) is 15.5 Å². The third-order valence-electron chi connectivity index (χ3n) is 3.57. The highest BCUT2D eigenvalue weighted by Gasteiger charge is 2.17. The molecule has 1 N–H and O–H groups in total. The second kappa shape index (κ2) is 6.01. The molecule has 3 rings (SSSR count). The number of benzene rings is 1. The lowest BCUT2D eigenvalue weighted by Gasteiger charge is -2.04. The fourth-order valence-electron chi connectivity index (χ4n) is 2.42. The summed E-state index contributed by atoms with van der Waals surface area (Å²) in [6.07, 6.45) is 3.02. The van der Waals surface area contributed by atoms with Crippen LogP contribution in [0.25, 0.3) is 11.4 Å². The lowest BCUT2D eigenvalue weighted by Crippen LogP contribution is -2.09. The summed E-state index contributed by atoms with van der Waals surface area (Å²) in [5.41, 5.74) is 0.613. The monoisotopic (exact) mass is 339 g/mol. The first kappa shape index (κ1) is 13.7. The zero-order valence-electron chi connectivity index (χ0n) is 10.9. The summed E-state index contributed by atoms with van der Waals surface area (Å²) < 4.78 is 19.3. The minimum atomic E-state index is -0.313. The van der Waals surface area contributed by atoms with Crippen molar-refractivity contribution in [2.24, 2.45) is 5.92 Å². The van der Waals surface area contributed by atoms with Gasteiger partial charge in [-0.05, 0) is 50.0 Å². The Morgan fingerprint density at radius 3 is 3.15 bits per heavy atom. The van der Waals surface area contributed by atoms with Crippen LogP contribution in [-0.2, 0) is 6.42 Å². The number of halogens is 2. The number of nitrogens with zero attached hydrogens (tertiary/aromatic N) is 2. The molecule has 0 bridgehead atoms. The van der Waals surface area contributed by atoms with Crippen LogP contribution in [0.15, 0.2) is 27.2 Å². The van der Waals surface area contributed by atoms with Gasteiger partial charge in [0.2, 0.25) is 11.7 Å². The van der Waals surface area contributed by atoms with Gasteiger partial charge in [0, 0.05) is 16.5 Å². The van der Waals surface area contributed by atoms with Gasteiger partial charge in [-0.3, -0.25) is 0 Å². The molecule has 1 unspecified atom stereocenters. The molecule has 1 fully saturated rings. The number of nitrogens with one attached hydrogen (secondary N) is 1. The van der Waals surface area contributed by atoms with Crippen molar-refractivity contribution < 1.29 is 8.91 Å². The Labute approximate surface area is 124 Å². The summed E-state index contributed by atoms with van der Waals surface area (Å²) in [5.74, 6) is 1.41. The predicted molar refractivity (Wildman–Crippen MR) is 76.7 cm³/mol. The van der Waals surface area contributed by atoms with E-state index in [-0.39, 0.29) is 5.82 Å². The van der Waals surface area contributed by atoms with Crippen LogP contribution in [0.3, 0.4) is 0 Å². The highest BCUT2D eigenvalue weighted by Crippen LogP contribution is 2.27. The van der Waals surface area contributed by atoms with Crippen molar-refractivity contribution in [3.8, 4) is 11.4 Å². The maximum absolute atomic E-state index is 13.3. The Balaban J connectivity index is 1.71. The number of aryl methyl sites for hydroxylation is 1. The first-order chi connectivity index (χ1) is 9.72. The maximum Gasteiger partial charge on any atom is 0.226 e. The maximum atomic E-state index is 13.3. The lowest BCUT2D eigenvalue weighted by atomic mass is 10.0. The molecule has 20 heavy (non-hydrogen) atoms. The number of rotatable bonds is 4. The second-order valence-electron chi connectivity index (χ2n) is 5.03. The van der Waals surface area contributed by atoms with Crippen molar-refractivity contribution in [3.05, 3.63) is 34.4 Å². The smallest absolute Gasteiger partial charge is 0.226 e. The predicted octanol–water partition coefficient (Wildman–Crippen LogP) is 3.18. The molecular formula is C14H15BrFN3O. The van der Waals surface area contributed by atoms with Gasteiger partial charge in [0.15, 0.2) is 0 Å². The molecule has 1 saturated heterocycles. The third-order valence-corrected chi connectivity index (χ3v) is 4.26. The highest BCUT2D eigenvalue weighted by atomic mass is 79.9. The molecule has 4 nitrogen and oxygen atoms in total. The Morgan fingerprint density at radius 2 is 2.35 bits per heavy atom. The van der Waals surface area contributed by atoms with Gasteiger partial charge in [0.1, 0.15) is 5.82 Å². The standard InChI is InChI=1S/C14H15BrFN3O/c15-12-3-2-10(16)7-11(12)14-18-13(20-19-14)4-1-9-5-6-17-8-9/h2-3,7,9,17H,1,4-6,8H2. The summed E-state index contributed by atoms with van der Waals surface area (Å²) in [6.45, 7) is 2.16. The zero-order valence-corrected chi connectivity index (χ0v) is 12.5. The van der Waals surface area contributed by atoms with Crippen molar-refractivity contribution in [3.63, 3.8) is 0 Å². The molecule has 1 atom stereocenters. The molecule has 106 valence electrons. The van der Waals surface area contributed by atoms with Gasteiger partial charge in [-0.25, -0.2) is 4.39 Å². The molecule has 0 amide bonds. The van der Waals surface area contributed by atoms with Crippen molar-refractivity contribution in [1.29, 1.82) is 0 Å². The summed E-state index contributed by atoms with van der Waals surface area (Å²) >= 11 is 3.37. The van der Waals surface area contributed by atoms with E-state index in [2.05, 4.69) is 31.4 Å². The molecule has 1 aromatic heterocycles. The molecule has 0 spiro atoms. The molecule has 1 aliphatic rings. The van der Waals surface area contributed by atoms with Crippen molar-refractivity contribution in [2.45, 2.75) is 19.3 Å². The van der Waals surface area contributed by atoms with E-state index in [1.165, 1.54) is 18.6 Å². The molecule has 0 saturated carbocycles. The van der Waals surface area contributed by atoms with Crippen LogP contribution in [0.4, 0.5) is 4.39 Å². The van der Waals surface area contributed by atoms with Crippen LogP contribution in [-0.4, -0.2) is 23.2 Å². The topological polar surface area (TPSA) is 51.0 Å². The van der Waals surface area contributed by atoms with Gasteiger partial charge in [0.25, 0.3) is 0 Å². The summed E-state index contributed by atoms with van der Waals surface area (Å²) in [6, 6.07) is 4.44. The quantitative estimate of drug-likeness (QED) is 0.929. The van der Waals surface area contributed by atoms with Gasteiger partial charge >= 0.3 is 0 Å². The molecule has 1 aromatic carbocycles. The van der Waals surface area contributed by atoms with Gasteiger partial charge in [-0.15, -0.1) is 0 Å². The number of hydrogen-bond acceptors (Lipinski definition) is 4. The second-order valence-corrected chi connectivity index (χ2v) is 5.89. The van der Waals surface area contributed by atoms with Crippen LogP contribution < -0.4 is 5.32 Å². The molecule has 6 heteroatoms. The van der Waals surface area contributed by atoms with E-state index < -0.39 is 0 Å². The minimum Gasteiger partial charge on any atom is -0.339 e. The summed E-state index contributed by atoms with van der Waals surface area (Å²) in [4.78, 5) is 4.35. The molecule has 2 aromatic rings. The van der Waals surface area contributed by atoms with E-state index in [0.717, 1.165) is 30.4 Å². The Morgan fingerprint density at radius 1 is 1.45 bits per heavy atom. The van der Waals surface area contributed by atoms with Gasteiger partial charge in [0.05, 0.1) is 0 Å². The van der Waals surface area contributed by atoms with E-state index in [0.29, 0.717) is 23.2 Å². The first-order valence-corrected chi connectivity index (χ1v) is 7.50. The average molecular weight is 340 g/mol. The average Bonchev–Trinajstić information content (AvgIpc) is 3.10. The fraction of sp³-hybridized carbons (Fsp3) is 0.429. The normalized spacial score (nSPS) is 18.6. The SMILES string of the molecule is Fc1ccc(Br)c(-c2noc(CCC3CCNC3)n2)c1. The van der Waals surface area contributed by atoms with Crippen LogP contribution in [0, 0.1) is 11.7 Å². The van der Waals surface area contributed by atoms with E-state index in [4.69, 9.17) is 4.52 Å². The molecular weight excluding hydrogens is 325 g/mol. The van der Waals surface area contributed by atoms with Crippen molar-refractivity contribution >= 4 is 15.9 Å². The first-order valence-electron chi connectivity index (χ1n) is 6.71. The number of hydrogen-bond donors (Lipinski definition) is 1. The van der Waals surface area contributed by atoms with Crippen LogP contribution >= 0.6 is 15.9 Å². The van der Waals surface area contributed by atoms with E-state index in [1.54, 1.807) is 6.07 Å². The van der Waals surface area contributed by atoms with Crippen LogP contribution in [0.1, 0.15) is 18.7 Å². The minimum absolute atomic E-state index is 0.313. The highest BCUT2D eigenvalue weighted by molar-refractivity contribution is 9.10. The van der Waals surface area contributed by atoms with Gasteiger partial charge in [-0.1, -0.05) is 21.1 Å². The van der Waals surface area contributed by atoms with E-state index in [1.807, 2.05) is 0 Å². The van der Waals surface area contributed by atoms with Crippen molar-refractivity contribution in [2.75, 3.05) is 13.1 Å². The molecule has 0 aliphatic carbocycles.